The maximum absolute atomic E-state index is 5.69. The Balaban J connectivity index is 2.00. The van der Waals surface area contributed by atoms with Crippen LogP contribution >= 0.6 is 11.8 Å². The van der Waals surface area contributed by atoms with Crippen LogP contribution in [-0.4, -0.2) is 9.97 Å². The van der Waals surface area contributed by atoms with Crippen molar-refractivity contribution in [2.45, 2.75) is 16.8 Å². The van der Waals surface area contributed by atoms with Crippen LogP contribution in [0.1, 0.15) is 5.69 Å². The third-order valence-corrected chi connectivity index (χ3v) is 3.88. The minimum Gasteiger partial charge on any atom is -0.399 e. The molecule has 3 rings (SSSR count). The van der Waals surface area contributed by atoms with Crippen LogP contribution in [0.15, 0.2) is 58.5 Å². The van der Waals surface area contributed by atoms with E-state index in [-0.39, 0.29) is 0 Å². The number of fused-ring (bicyclic) bond motifs is 1. The molecule has 0 fully saturated rings. The van der Waals surface area contributed by atoms with Crippen molar-refractivity contribution in [2.24, 2.45) is 0 Å². The SMILES string of the molecule is Cc1nc2ccccc2nc1Sc1ccc(N)cc1. The highest BCUT2D eigenvalue weighted by molar-refractivity contribution is 7.99. The molecule has 0 spiro atoms. The van der Waals surface area contributed by atoms with Crippen molar-refractivity contribution >= 4 is 28.5 Å². The first-order valence-corrected chi connectivity index (χ1v) is 6.81. The predicted octanol–water partition coefficient (Wildman–Crippen LogP) is 3.67. The zero-order valence-corrected chi connectivity index (χ0v) is 11.3. The molecular weight excluding hydrogens is 254 g/mol. The van der Waals surface area contributed by atoms with Gasteiger partial charge in [0.05, 0.1) is 16.7 Å². The molecule has 0 aliphatic rings. The number of nitrogens with zero attached hydrogens (tertiary/aromatic N) is 2. The number of anilines is 1. The van der Waals surface area contributed by atoms with Crippen LogP contribution < -0.4 is 5.73 Å². The van der Waals surface area contributed by atoms with Crippen molar-refractivity contribution in [3.8, 4) is 0 Å². The van der Waals surface area contributed by atoms with E-state index < -0.39 is 0 Å². The molecule has 0 aliphatic carbocycles. The Bertz CT molecular complexity index is 723. The average molecular weight is 267 g/mol. The summed E-state index contributed by atoms with van der Waals surface area (Å²) >= 11 is 1.61. The number of aromatic nitrogens is 2. The second-order valence-corrected chi connectivity index (χ2v) is 5.34. The molecule has 0 bridgehead atoms. The molecule has 4 heteroatoms. The number of hydrogen-bond acceptors (Lipinski definition) is 4. The smallest absolute Gasteiger partial charge is 0.123 e. The zero-order valence-electron chi connectivity index (χ0n) is 10.5. The Morgan fingerprint density at radius 2 is 1.53 bits per heavy atom. The van der Waals surface area contributed by atoms with E-state index in [9.17, 15) is 0 Å². The second-order valence-electron chi connectivity index (χ2n) is 4.27. The van der Waals surface area contributed by atoms with Crippen LogP contribution in [0.3, 0.4) is 0 Å². The molecule has 94 valence electrons. The normalized spacial score (nSPS) is 10.8. The van der Waals surface area contributed by atoms with E-state index in [0.29, 0.717) is 0 Å². The van der Waals surface area contributed by atoms with Gasteiger partial charge in [0, 0.05) is 10.6 Å². The van der Waals surface area contributed by atoms with Crippen LogP contribution in [0.4, 0.5) is 5.69 Å². The molecule has 0 radical (unpaired) electrons. The molecule has 0 saturated carbocycles. The van der Waals surface area contributed by atoms with Crippen molar-refractivity contribution in [1.82, 2.24) is 9.97 Å². The van der Waals surface area contributed by atoms with Crippen LogP contribution in [-0.2, 0) is 0 Å². The Labute approximate surface area is 115 Å². The van der Waals surface area contributed by atoms with E-state index in [2.05, 4.69) is 9.97 Å². The molecule has 3 nitrogen and oxygen atoms in total. The summed E-state index contributed by atoms with van der Waals surface area (Å²) in [5, 5.41) is 0.934. The Kier molecular flexibility index (Phi) is 3.09. The van der Waals surface area contributed by atoms with E-state index in [1.54, 1.807) is 11.8 Å². The molecular formula is C15H13N3S. The highest BCUT2D eigenvalue weighted by atomic mass is 32.2. The van der Waals surface area contributed by atoms with Crippen molar-refractivity contribution < 1.29 is 0 Å². The monoisotopic (exact) mass is 267 g/mol. The van der Waals surface area contributed by atoms with Gasteiger partial charge in [-0.3, -0.25) is 0 Å². The lowest BCUT2D eigenvalue weighted by atomic mass is 10.3. The first-order valence-electron chi connectivity index (χ1n) is 5.99. The lowest BCUT2D eigenvalue weighted by Gasteiger charge is -2.06. The van der Waals surface area contributed by atoms with Gasteiger partial charge in [0.15, 0.2) is 0 Å². The van der Waals surface area contributed by atoms with Gasteiger partial charge >= 0.3 is 0 Å². The Morgan fingerprint density at radius 3 is 2.21 bits per heavy atom. The fraction of sp³-hybridized carbons (Fsp3) is 0.0667. The minimum atomic E-state index is 0.769. The molecule has 0 amide bonds. The molecule has 3 aromatic rings. The van der Waals surface area contributed by atoms with Crippen LogP contribution in [0, 0.1) is 6.92 Å². The van der Waals surface area contributed by atoms with E-state index in [4.69, 9.17) is 5.73 Å². The zero-order chi connectivity index (χ0) is 13.2. The summed E-state index contributed by atoms with van der Waals surface area (Å²) in [5.74, 6) is 0. The van der Waals surface area contributed by atoms with Gasteiger partial charge in [-0.25, -0.2) is 9.97 Å². The summed E-state index contributed by atoms with van der Waals surface area (Å²) in [7, 11) is 0. The van der Waals surface area contributed by atoms with Crippen LogP contribution in [0.2, 0.25) is 0 Å². The molecule has 0 unspecified atom stereocenters. The first-order chi connectivity index (χ1) is 9.22. The van der Waals surface area contributed by atoms with E-state index in [1.165, 1.54) is 0 Å². The highest BCUT2D eigenvalue weighted by Gasteiger charge is 2.06. The fourth-order valence-corrected chi connectivity index (χ4v) is 2.65. The molecule has 0 saturated heterocycles. The van der Waals surface area contributed by atoms with Gasteiger partial charge < -0.3 is 5.73 Å². The second kappa shape index (κ2) is 4.90. The number of benzene rings is 2. The lowest BCUT2D eigenvalue weighted by molar-refractivity contribution is 1.04. The van der Waals surface area contributed by atoms with Gasteiger partial charge in [0.25, 0.3) is 0 Å². The molecule has 0 aliphatic heterocycles. The summed E-state index contributed by atoms with van der Waals surface area (Å²) in [6.45, 7) is 1.99. The molecule has 2 aromatic carbocycles. The quantitative estimate of drug-likeness (QED) is 0.720. The maximum atomic E-state index is 5.69. The van der Waals surface area contributed by atoms with Crippen LogP contribution in [0.25, 0.3) is 11.0 Å². The minimum absolute atomic E-state index is 0.769. The average Bonchev–Trinajstić information content (AvgIpc) is 2.42. The van der Waals surface area contributed by atoms with Crippen molar-refractivity contribution in [2.75, 3.05) is 5.73 Å². The number of hydrogen-bond donors (Lipinski definition) is 1. The van der Waals surface area contributed by atoms with Crippen molar-refractivity contribution in [3.63, 3.8) is 0 Å². The highest BCUT2D eigenvalue weighted by Crippen LogP contribution is 2.29. The van der Waals surface area contributed by atoms with Crippen molar-refractivity contribution in [1.29, 1.82) is 0 Å². The number of nitrogen functional groups attached to an aromatic ring is 1. The van der Waals surface area contributed by atoms with E-state index >= 15 is 0 Å². The summed E-state index contributed by atoms with van der Waals surface area (Å²) in [4.78, 5) is 10.4. The summed E-state index contributed by atoms with van der Waals surface area (Å²) < 4.78 is 0. The molecule has 19 heavy (non-hydrogen) atoms. The summed E-state index contributed by atoms with van der Waals surface area (Å²) in [6, 6.07) is 15.7. The third kappa shape index (κ3) is 2.53. The largest absolute Gasteiger partial charge is 0.399 e. The molecule has 1 heterocycles. The summed E-state index contributed by atoms with van der Waals surface area (Å²) in [6.07, 6.45) is 0. The first kappa shape index (κ1) is 12.0. The Hall–Kier alpha value is -2.07. The molecule has 1 aromatic heterocycles. The van der Waals surface area contributed by atoms with Gasteiger partial charge in [-0.15, -0.1) is 0 Å². The van der Waals surface area contributed by atoms with Crippen molar-refractivity contribution in [3.05, 3.63) is 54.2 Å². The number of para-hydroxylation sites is 2. The van der Waals surface area contributed by atoms with Gasteiger partial charge in [-0.1, -0.05) is 23.9 Å². The predicted molar refractivity (Wildman–Crippen MR) is 79.3 cm³/mol. The van der Waals surface area contributed by atoms with E-state index in [1.807, 2.05) is 55.5 Å². The van der Waals surface area contributed by atoms with Crippen LogP contribution in [0.5, 0.6) is 0 Å². The number of rotatable bonds is 2. The third-order valence-electron chi connectivity index (χ3n) is 2.80. The van der Waals surface area contributed by atoms with Gasteiger partial charge in [0.1, 0.15) is 5.03 Å². The van der Waals surface area contributed by atoms with E-state index in [0.717, 1.165) is 32.3 Å². The molecule has 2 N–H and O–H groups in total. The van der Waals surface area contributed by atoms with Gasteiger partial charge in [-0.05, 0) is 43.3 Å². The standard InChI is InChI=1S/C15H13N3S/c1-10-15(19-12-8-6-11(16)7-9-12)18-14-5-3-2-4-13(14)17-10/h2-9H,16H2,1H3. The maximum Gasteiger partial charge on any atom is 0.123 e. The molecule has 0 atom stereocenters. The Morgan fingerprint density at radius 1 is 0.895 bits per heavy atom. The van der Waals surface area contributed by atoms with Gasteiger partial charge in [-0.2, -0.15) is 0 Å². The summed E-state index contributed by atoms with van der Waals surface area (Å²) in [5.41, 5.74) is 9.26. The number of nitrogens with two attached hydrogens (primary N) is 1. The number of aryl methyl sites for hydroxylation is 1. The van der Waals surface area contributed by atoms with Gasteiger partial charge in [0.2, 0.25) is 0 Å². The fourth-order valence-electron chi connectivity index (χ4n) is 1.82. The topological polar surface area (TPSA) is 51.8 Å². The lowest BCUT2D eigenvalue weighted by Crippen LogP contribution is -1.92.